The number of hydrogen-bond acceptors (Lipinski definition) is 6. The van der Waals surface area contributed by atoms with Crippen LogP contribution in [0.5, 0.6) is 0 Å². The Labute approximate surface area is 135 Å². The Hall–Kier alpha value is -2.39. The predicted octanol–water partition coefficient (Wildman–Crippen LogP) is 2.76. The number of nitriles is 1. The Balaban J connectivity index is 2.08. The minimum absolute atomic E-state index is 0.123. The summed E-state index contributed by atoms with van der Waals surface area (Å²) < 4.78 is 10.9. The van der Waals surface area contributed by atoms with Gasteiger partial charge in [-0.2, -0.15) is 5.26 Å². The first-order chi connectivity index (χ1) is 11.1. The smallest absolute Gasteiger partial charge is 0.306 e. The molecule has 0 spiro atoms. The van der Waals surface area contributed by atoms with Crippen molar-refractivity contribution in [3.05, 3.63) is 35.4 Å². The van der Waals surface area contributed by atoms with Gasteiger partial charge in [0.1, 0.15) is 6.61 Å². The molecule has 0 saturated carbocycles. The number of carbonyl (C=O) groups is 1. The van der Waals surface area contributed by atoms with Crippen LogP contribution in [0.1, 0.15) is 44.2 Å². The molecule has 2 rings (SSSR count). The van der Waals surface area contributed by atoms with E-state index in [1.165, 1.54) is 6.92 Å². The van der Waals surface area contributed by atoms with Crippen LogP contribution in [0.15, 0.2) is 29.4 Å². The van der Waals surface area contributed by atoms with Gasteiger partial charge in [0, 0.05) is 19.1 Å². The van der Waals surface area contributed by atoms with Gasteiger partial charge in [-0.05, 0) is 18.6 Å². The SMILES string of the molecule is CCCCOCC1(OC(C)=O)CC(c2cccc(C#N)c2)=NO1. The average Bonchev–Trinajstić information content (AvgIpc) is 2.95. The van der Waals surface area contributed by atoms with Gasteiger partial charge < -0.3 is 14.3 Å². The first-order valence-corrected chi connectivity index (χ1v) is 7.61. The summed E-state index contributed by atoms with van der Waals surface area (Å²) in [4.78, 5) is 16.8. The molecule has 1 aliphatic heterocycles. The zero-order chi connectivity index (χ0) is 16.7. The number of ether oxygens (including phenoxy) is 2. The monoisotopic (exact) mass is 316 g/mol. The second kappa shape index (κ2) is 7.75. The summed E-state index contributed by atoms with van der Waals surface area (Å²) in [6.45, 7) is 4.09. The van der Waals surface area contributed by atoms with E-state index in [2.05, 4.69) is 18.1 Å². The van der Waals surface area contributed by atoms with Crippen molar-refractivity contribution in [2.24, 2.45) is 5.16 Å². The molecule has 0 aromatic heterocycles. The third-order valence-electron chi connectivity index (χ3n) is 3.38. The van der Waals surface area contributed by atoms with Gasteiger partial charge in [-0.1, -0.05) is 30.6 Å². The van der Waals surface area contributed by atoms with E-state index in [4.69, 9.17) is 19.6 Å². The van der Waals surface area contributed by atoms with Crippen LogP contribution in [0, 0.1) is 11.3 Å². The molecule has 0 fully saturated rings. The van der Waals surface area contributed by atoms with E-state index >= 15 is 0 Å². The largest absolute Gasteiger partial charge is 0.418 e. The standard InChI is InChI=1S/C17H20N2O4/c1-3-4-8-21-12-17(22-13(2)20)10-16(19-23-17)15-7-5-6-14(9-15)11-18/h5-7,9H,3-4,8,10,12H2,1-2H3. The van der Waals surface area contributed by atoms with E-state index in [9.17, 15) is 4.79 Å². The first-order valence-electron chi connectivity index (χ1n) is 7.61. The van der Waals surface area contributed by atoms with Crippen LogP contribution in [0.3, 0.4) is 0 Å². The predicted molar refractivity (Wildman–Crippen MR) is 83.6 cm³/mol. The molecule has 0 amide bonds. The molecular weight excluding hydrogens is 296 g/mol. The third-order valence-corrected chi connectivity index (χ3v) is 3.38. The van der Waals surface area contributed by atoms with Gasteiger partial charge >= 0.3 is 11.8 Å². The molecule has 0 bridgehead atoms. The number of hydrogen-bond donors (Lipinski definition) is 0. The molecule has 6 nitrogen and oxygen atoms in total. The fourth-order valence-electron chi connectivity index (χ4n) is 2.28. The molecule has 122 valence electrons. The van der Waals surface area contributed by atoms with Gasteiger partial charge in [0.15, 0.2) is 0 Å². The molecule has 1 aliphatic rings. The summed E-state index contributed by atoms with van der Waals surface area (Å²) >= 11 is 0. The van der Waals surface area contributed by atoms with Crippen molar-refractivity contribution in [2.45, 2.75) is 38.9 Å². The Morgan fingerprint density at radius 3 is 3.04 bits per heavy atom. The lowest BCUT2D eigenvalue weighted by molar-refractivity contribution is -0.239. The van der Waals surface area contributed by atoms with Gasteiger partial charge in [0.2, 0.25) is 0 Å². The Morgan fingerprint density at radius 2 is 2.35 bits per heavy atom. The van der Waals surface area contributed by atoms with E-state index in [1.54, 1.807) is 18.2 Å². The first kappa shape index (κ1) is 17.0. The van der Waals surface area contributed by atoms with Gasteiger partial charge in [0.05, 0.1) is 23.8 Å². The van der Waals surface area contributed by atoms with Crippen molar-refractivity contribution in [1.29, 1.82) is 5.26 Å². The summed E-state index contributed by atoms with van der Waals surface area (Å²) in [5.74, 6) is -1.68. The average molecular weight is 316 g/mol. The number of carbonyl (C=O) groups excluding carboxylic acids is 1. The van der Waals surface area contributed by atoms with Crippen molar-refractivity contribution in [1.82, 2.24) is 0 Å². The van der Waals surface area contributed by atoms with Crippen molar-refractivity contribution in [2.75, 3.05) is 13.2 Å². The van der Waals surface area contributed by atoms with Crippen LogP contribution < -0.4 is 0 Å². The van der Waals surface area contributed by atoms with E-state index in [1.807, 2.05) is 6.07 Å². The zero-order valence-electron chi connectivity index (χ0n) is 13.4. The minimum Gasteiger partial charge on any atom is -0.418 e. The minimum atomic E-state index is -1.22. The van der Waals surface area contributed by atoms with E-state index < -0.39 is 11.8 Å². The summed E-state index contributed by atoms with van der Waals surface area (Å²) in [5.41, 5.74) is 1.93. The van der Waals surface area contributed by atoms with Crippen molar-refractivity contribution in [3.63, 3.8) is 0 Å². The molecule has 0 saturated heterocycles. The zero-order valence-corrected chi connectivity index (χ0v) is 13.4. The van der Waals surface area contributed by atoms with Crippen LogP contribution in [0.4, 0.5) is 0 Å². The molecule has 23 heavy (non-hydrogen) atoms. The fourth-order valence-corrected chi connectivity index (χ4v) is 2.28. The lowest BCUT2D eigenvalue weighted by Crippen LogP contribution is -2.40. The maximum atomic E-state index is 11.4. The number of unbranched alkanes of at least 4 members (excludes halogenated alkanes) is 1. The molecular formula is C17H20N2O4. The van der Waals surface area contributed by atoms with Crippen molar-refractivity contribution >= 4 is 11.7 Å². The van der Waals surface area contributed by atoms with Crippen LogP contribution in [-0.2, 0) is 19.1 Å². The number of nitrogens with zero attached hydrogens (tertiary/aromatic N) is 2. The summed E-state index contributed by atoms with van der Waals surface area (Å²) in [5, 5.41) is 13.0. The normalized spacial score (nSPS) is 19.6. The van der Waals surface area contributed by atoms with Gasteiger partial charge in [-0.15, -0.1) is 0 Å². The summed E-state index contributed by atoms with van der Waals surface area (Å²) in [6.07, 6.45) is 2.23. The van der Waals surface area contributed by atoms with E-state index in [-0.39, 0.29) is 13.0 Å². The van der Waals surface area contributed by atoms with Gasteiger partial charge in [-0.3, -0.25) is 4.79 Å². The second-order valence-corrected chi connectivity index (χ2v) is 5.41. The molecule has 1 aromatic carbocycles. The van der Waals surface area contributed by atoms with Crippen molar-refractivity contribution < 1.29 is 19.1 Å². The number of esters is 1. The van der Waals surface area contributed by atoms with Crippen LogP contribution in [-0.4, -0.2) is 30.7 Å². The molecule has 6 heteroatoms. The van der Waals surface area contributed by atoms with Crippen LogP contribution in [0.2, 0.25) is 0 Å². The van der Waals surface area contributed by atoms with Gasteiger partial charge in [0.25, 0.3) is 0 Å². The summed E-state index contributed by atoms with van der Waals surface area (Å²) in [6, 6.07) is 9.14. The van der Waals surface area contributed by atoms with E-state index in [0.717, 1.165) is 18.4 Å². The number of rotatable bonds is 7. The molecule has 0 aliphatic carbocycles. The maximum Gasteiger partial charge on any atom is 0.306 e. The maximum absolute atomic E-state index is 11.4. The van der Waals surface area contributed by atoms with Crippen LogP contribution >= 0.6 is 0 Å². The molecule has 1 atom stereocenters. The highest BCUT2D eigenvalue weighted by Crippen LogP contribution is 2.29. The Bertz CT molecular complexity index is 636. The molecule has 0 N–H and O–H groups in total. The topological polar surface area (TPSA) is 80.9 Å². The second-order valence-electron chi connectivity index (χ2n) is 5.41. The fraction of sp³-hybridized carbons (Fsp3) is 0.471. The number of benzene rings is 1. The lowest BCUT2D eigenvalue weighted by atomic mass is 10.0. The Morgan fingerprint density at radius 1 is 1.52 bits per heavy atom. The molecule has 1 unspecified atom stereocenters. The molecule has 1 aromatic rings. The summed E-state index contributed by atoms with van der Waals surface area (Å²) in [7, 11) is 0. The lowest BCUT2D eigenvalue weighted by Gasteiger charge is -2.25. The highest BCUT2D eigenvalue weighted by molar-refractivity contribution is 6.01. The van der Waals surface area contributed by atoms with Crippen molar-refractivity contribution in [3.8, 4) is 6.07 Å². The van der Waals surface area contributed by atoms with Crippen LogP contribution in [0.25, 0.3) is 0 Å². The number of oxime groups is 1. The van der Waals surface area contributed by atoms with Gasteiger partial charge in [-0.25, -0.2) is 0 Å². The molecule has 0 radical (unpaired) electrons. The third kappa shape index (κ3) is 4.54. The molecule has 1 heterocycles. The Kier molecular flexibility index (Phi) is 5.72. The quantitative estimate of drug-likeness (QED) is 0.570. The van der Waals surface area contributed by atoms with E-state index in [0.29, 0.717) is 17.9 Å². The highest BCUT2D eigenvalue weighted by Gasteiger charge is 2.43. The highest BCUT2D eigenvalue weighted by atomic mass is 16.8.